The molecule has 0 atom stereocenters. The summed E-state index contributed by atoms with van der Waals surface area (Å²) in [7, 11) is 3.31. The number of fused-ring (bicyclic) bond motifs is 1. The quantitative estimate of drug-likeness (QED) is 0.511. The largest absolute Gasteiger partial charge is 0.501 e. The number of hydrogen-bond donors (Lipinski definition) is 0. The van der Waals surface area contributed by atoms with Gasteiger partial charge in [-0.1, -0.05) is 36.9 Å². The Hall–Kier alpha value is -2.65. The number of nitrogens with zero attached hydrogens (tertiary/aromatic N) is 1. The standard InChI is InChI=1S/C22H22ClNO2/c1-14(25-4)12-20-16(3)24(15(2)17-6-8-18(23)9-7-17)22-11-10-19(26-5)13-21(20)22/h6-11,13H,1-2,12H2,3-5H3. The van der Waals surface area contributed by atoms with Crippen LogP contribution in [0.4, 0.5) is 0 Å². The van der Waals surface area contributed by atoms with Crippen LogP contribution in [-0.2, 0) is 11.2 Å². The number of ether oxygens (including phenoxy) is 2. The molecule has 0 aliphatic carbocycles. The van der Waals surface area contributed by atoms with E-state index in [9.17, 15) is 0 Å². The third-order valence-corrected chi connectivity index (χ3v) is 4.90. The lowest BCUT2D eigenvalue weighted by molar-refractivity contribution is 0.285. The highest BCUT2D eigenvalue weighted by molar-refractivity contribution is 6.30. The van der Waals surface area contributed by atoms with Crippen molar-refractivity contribution in [3.63, 3.8) is 0 Å². The highest BCUT2D eigenvalue weighted by Gasteiger charge is 2.18. The molecule has 0 bridgehead atoms. The Morgan fingerprint density at radius 1 is 1.08 bits per heavy atom. The summed E-state index contributed by atoms with van der Waals surface area (Å²) in [5.74, 6) is 1.53. The van der Waals surface area contributed by atoms with Crippen molar-refractivity contribution < 1.29 is 9.47 Å². The maximum absolute atomic E-state index is 6.03. The van der Waals surface area contributed by atoms with E-state index in [1.165, 1.54) is 0 Å². The summed E-state index contributed by atoms with van der Waals surface area (Å²) >= 11 is 6.03. The van der Waals surface area contributed by atoms with Crippen LogP contribution in [-0.4, -0.2) is 18.8 Å². The van der Waals surface area contributed by atoms with E-state index < -0.39 is 0 Å². The average Bonchev–Trinajstić information content (AvgIpc) is 2.92. The van der Waals surface area contributed by atoms with Gasteiger partial charge in [0.05, 0.1) is 25.5 Å². The molecular weight excluding hydrogens is 346 g/mol. The second-order valence-electron chi connectivity index (χ2n) is 6.16. The zero-order chi connectivity index (χ0) is 18.8. The van der Waals surface area contributed by atoms with Crippen LogP contribution in [0.15, 0.2) is 61.4 Å². The van der Waals surface area contributed by atoms with E-state index in [1.54, 1.807) is 14.2 Å². The van der Waals surface area contributed by atoms with E-state index in [4.69, 9.17) is 21.1 Å². The molecule has 3 aromatic rings. The fraction of sp³-hybridized carbons (Fsp3) is 0.182. The van der Waals surface area contributed by atoms with Crippen LogP contribution in [0.5, 0.6) is 5.75 Å². The minimum Gasteiger partial charge on any atom is -0.501 e. The van der Waals surface area contributed by atoms with Crippen molar-refractivity contribution in [3.8, 4) is 5.75 Å². The number of rotatable bonds is 6. The lowest BCUT2D eigenvalue weighted by Crippen LogP contribution is -2.01. The van der Waals surface area contributed by atoms with E-state index in [2.05, 4.69) is 30.7 Å². The normalized spacial score (nSPS) is 10.8. The fourth-order valence-corrected chi connectivity index (χ4v) is 3.33. The number of allylic oxidation sites excluding steroid dienone is 1. The Morgan fingerprint density at radius 2 is 1.77 bits per heavy atom. The molecule has 2 aromatic carbocycles. The molecule has 0 amide bonds. The number of methoxy groups -OCH3 is 2. The summed E-state index contributed by atoms with van der Waals surface area (Å²) in [6, 6.07) is 13.8. The van der Waals surface area contributed by atoms with E-state index >= 15 is 0 Å². The van der Waals surface area contributed by atoms with Crippen LogP contribution in [0.3, 0.4) is 0 Å². The fourth-order valence-electron chi connectivity index (χ4n) is 3.20. The summed E-state index contributed by atoms with van der Waals surface area (Å²) in [5, 5.41) is 1.81. The monoisotopic (exact) mass is 367 g/mol. The predicted octanol–water partition coefficient (Wildman–Crippen LogP) is 5.83. The second-order valence-corrected chi connectivity index (χ2v) is 6.59. The molecule has 1 aromatic heterocycles. The van der Waals surface area contributed by atoms with E-state index in [1.807, 2.05) is 36.4 Å². The van der Waals surface area contributed by atoms with Gasteiger partial charge in [0.25, 0.3) is 0 Å². The van der Waals surface area contributed by atoms with E-state index in [0.717, 1.165) is 39.2 Å². The number of aromatic nitrogens is 1. The zero-order valence-electron chi connectivity index (χ0n) is 15.3. The second kappa shape index (κ2) is 7.30. The van der Waals surface area contributed by atoms with Crippen LogP contribution in [0.25, 0.3) is 16.6 Å². The Labute approximate surface area is 159 Å². The minimum atomic E-state index is 0.632. The highest BCUT2D eigenvalue weighted by Crippen LogP contribution is 2.34. The van der Waals surface area contributed by atoms with Crippen LogP contribution in [0.1, 0.15) is 16.8 Å². The maximum Gasteiger partial charge on any atom is 0.119 e. The van der Waals surface area contributed by atoms with Gasteiger partial charge < -0.3 is 14.0 Å². The zero-order valence-corrected chi connectivity index (χ0v) is 16.1. The molecule has 0 fully saturated rings. The lowest BCUT2D eigenvalue weighted by atomic mass is 10.1. The first-order chi connectivity index (χ1) is 12.5. The molecule has 0 unspecified atom stereocenters. The summed E-state index contributed by atoms with van der Waals surface area (Å²) in [6.07, 6.45) is 0.632. The minimum absolute atomic E-state index is 0.632. The molecule has 3 rings (SSSR count). The van der Waals surface area contributed by atoms with Gasteiger partial charge >= 0.3 is 0 Å². The van der Waals surface area contributed by atoms with Gasteiger partial charge in [-0.25, -0.2) is 0 Å². The van der Waals surface area contributed by atoms with Crippen molar-refractivity contribution in [3.05, 3.63) is 83.2 Å². The van der Waals surface area contributed by atoms with Gasteiger partial charge in [-0.2, -0.15) is 0 Å². The predicted molar refractivity (Wildman–Crippen MR) is 109 cm³/mol. The summed E-state index contributed by atoms with van der Waals surface area (Å²) in [6.45, 7) is 10.4. The Morgan fingerprint density at radius 3 is 2.38 bits per heavy atom. The van der Waals surface area contributed by atoms with E-state index in [0.29, 0.717) is 17.2 Å². The van der Waals surface area contributed by atoms with Crippen molar-refractivity contribution in [2.45, 2.75) is 13.3 Å². The van der Waals surface area contributed by atoms with Crippen LogP contribution >= 0.6 is 11.6 Å². The third kappa shape index (κ3) is 3.23. The van der Waals surface area contributed by atoms with Gasteiger partial charge in [0.1, 0.15) is 5.75 Å². The average molecular weight is 368 g/mol. The van der Waals surface area contributed by atoms with Gasteiger partial charge in [0, 0.05) is 28.2 Å². The van der Waals surface area contributed by atoms with Gasteiger partial charge in [-0.05, 0) is 48.4 Å². The molecule has 0 radical (unpaired) electrons. The molecule has 0 aliphatic rings. The van der Waals surface area contributed by atoms with Crippen molar-refractivity contribution in [2.75, 3.05) is 14.2 Å². The molecule has 0 N–H and O–H groups in total. The van der Waals surface area contributed by atoms with Gasteiger partial charge in [0.2, 0.25) is 0 Å². The summed E-state index contributed by atoms with van der Waals surface area (Å²) in [4.78, 5) is 0. The van der Waals surface area contributed by atoms with Crippen molar-refractivity contribution in [1.82, 2.24) is 4.57 Å². The lowest BCUT2D eigenvalue weighted by Gasteiger charge is -2.13. The molecule has 1 heterocycles. The summed E-state index contributed by atoms with van der Waals surface area (Å²) in [5.41, 5.74) is 5.24. The van der Waals surface area contributed by atoms with Gasteiger partial charge in [0.15, 0.2) is 0 Å². The summed E-state index contributed by atoms with van der Waals surface area (Å²) < 4.78 is 12.9. The number of hydrogen-bond acceptors (Lipinski definition) is 2. The molecule has 0 spiro atoms. The molecular formula is C22H22ClNO2. The van der Waals surface area contributed by atoms with Gasteiger partial charge in [-0.3, -0.25) is 0 Å². The molecule has 134 valence electrons. The smallest absolute Gasteiger partial charge is 0.119 e. The molecule has 0 aliphatic heterocycles. The van der Waals surface area contributed by atoms with Crippen molar-refractivity contribution >= 4 is 28.2 Å². The maximum atomic E-state index is 6.03. The van der Waals surface area contributed by atoms with Crippen LogP contribution < -0.4 is 4.74 Å². The SMILES string of the molecule is C=C(Cc1c(C)n(C(=C)c2ccc(Cl)cc2)c2ccc(OC)cc12)OC. The first-order valence-corrected chi connectivity index (χ1v) is 8.69. The van der Waals surface area contributed by atoms with Gasteiger partial charge in [-0.15, -0.1) is 0 Å². The molecule has 26 heavy (non-hydrogen) atoms. The molecule has 3 nitrogen and oxygen atoms in total. The number of halogens is 1. The molecule has 0 saturated heterocycles. The first-order valence-electron chi connectivity index (χ1n) is 8.31. The van der Waals surface area contributed by atoms with Crippen LogP contribution in [0.2, 0.25) is 5.02 Å². The Kier molecular flexibility index (Phi) is 5.10. The Bertz CT molecular complexity index is 984. The topological polar surface area (TPSA) is 23.4 Å². The third-order valence-electron chi connectivity index (χ3n) is 4.65. The highest BCUT2D eigenvalue weighted by atomic mass is 35.5. The van der Waals surface area contributed by atoms with Crippen LogP contribution in [0, 0.1) is 6.92 Å². The molecule has 4 heteroatoms. The van der Waals surface area contributed by atoms with Crippen molar-refractivity contribution in [2.24, 2.45) is 0 Å². The van der Waals surface area contributed by atoms with E-state index in [-0.39, 0.29) is 0 Å². The van der Waals surface area contributed by atoms with Crippen molar-refractivity contribution in [1.29, 1.82) is 0 Å². The molecule has 0 saturated carbocycles. The number of benzene rings is 2. The first kappa shape index (κ1) is 18.2. The Balaban J connectivity index is 2.21.